The molecule has 7 nitrogen and oxygen atoms in total. The van der Waals surface area contributed by atoms with Gasteiger partial charge in [0.15, 0.2) is 5.76 Å². The van der Waals surface area contributed by atoms with E-state index < -0.39 is 0 Å². The Bertz CT molecular complexity index is 493. The van der Waals surface area contributed by atoms with Crippen molar-refractivity contribution in [2.24, 2.45) is 10.9 Å². The quantitative estimate of drug-likeness (QED) is 0.632. The maximum Gasteiger partial charge on any atom is 0.294 e. The highest BCUT2D eigenvalue weighted by molar-refractivity contribution is 6.02. The first-order chi connectivity index (χ1) is 11.1. The van der Waals surface area contributed by atoms with Gasteiger partial charge in [0.25, 0.3) is 11.9 Å². The highest BCUT2D eigenvalue weighted by Gasteiger charge is 2.14. The average molecular weight is 323 g/mol. The minimum Gasteiger partial charge on any atom is -0.465 e. The van der Waals surface area contributed by atoms with Crippen molar-refractivity contribution >= 4 is 11.9 Å². The van der Waals surface area contributed by atoms with Crippen LogP contribution in [0.15, 0.2) is 27.8 Å². The summed E-state index contributed by atoms with van der Waals surface area (Å²) in [6.07, 6.45) is 1.46. The van der Waals surface area contributed by atoms with Crippen LogP contribution in [0.25, 0.3) is 0 Å². The molecule has 128 valence electrons. The topological polar surface area (TPSA) is 76.3 Å². The van der Waals surface area contributed by atoms with Gasteiger partial charge < -0.3 is 13.9 Å². The summed E-state index contributed by atoms with van der Waals surface area (Å²) in [6, 6.07) is 3.51. The van der Waals surface area contributed by atoms with E-state index in [1.165, 1.54) is 6.26 Å². The first-order valence-corrected chi connectivity index (χ1v) is 7.97. The van der Waals surface area contributed by atoms with Crippen molar-refractivity contribution in [2.45, 2.75) is 13.8 Å². The molecule has 1 fully saturated rings. The van der Waals surface area contributed by atoms with Crippen LogP contribution in [0, 0.1) is 5.92 Å². The Morgan fingerprint density at radius 1 is 1.43 bits per heavy atom. The van der Waals surface area contributed by atoms with Gasteiger partial charge in [0, 0.05) is 19.6 Å². The van der Waals surface area contributed by atoms with Gasteiger partial charge >= 0.3 is 0 Å². The molecule has 0 unspecified atom stereocenters. The number of carbonyl (C=O) groups excluding carboxylic acids is 1. The van der Waals surface area contributed by atoms with Crippen LogP contribution in [0.1, 0.15) is 24.4 Å². The Morgan fingerprint density at radius 2 is 2.22 bits per heavy atom. The molecule has 1 N–H and O–H groups in total. The predicted octanol–water partition coefficient (Wildman–Crippen LogP) is 1.37. The van der Waals surface area contributed by atoms with E-state index in [0.717, 1.165) is 32.8 Å². The number of amides is 1. The monoisotopic (exact) mass is 323 g/mol. The number of rotatable bonds is 6. The standard InChI is InChI=1S/C16H25N3O4/c1-13(2)12-23-16(18-15(20)14-4-3-9-22-14)17-5-6-19-7-10-21-11-8-19/h3-4,9,13H,5-8,10-12H2,1-2H3,(H,17,18,20). The molecule has 0 aliphatic carbocycles. The molecule has 1 amide bonds. The molecule has 0 aromatic carbocycles. The summed E-state index contributed by atoms with van der Waals surface area (Å²) >= 11 is 0. The molecule has 0 saturated carbocycles. The van der Waals surface area contributed by atoms with Gasteiger partial charge in [-0.25, -0.2) is 4.99 Å². The smallest absolute Gasteiger partial charge is 0.294 e. The highest BCUT2D eigenvalue weighted by atomic mass is 16.5. The van der Waals surface area contributed by atoms with E-state index in [2.05, 4.69) is 15.2 Å². The molecule has 0 bridgehead atoms. The molecule has 23 heavy (non-hydrogen) atoms. The van der Waals surface area contributed by atoms with Crippen LogP contribution in [0.5, 0.6) is 0 Å². The summed E-state index contributed by atoms with van der Waals surface area (Å²) in [5.41, 5.74) is 0. The molecule has 2 rings (SSSR count). The maximum absolute atomic E-state index is 12.0. The summed E-state index contributed by atoms with van der Waals surface area (Å²) in [5, 5.41) is 2.66. The lowest BCUT2D eigenvalue weighted by atomic mass is 10.2. The van der Waals surface area contributed by atoms with Crippen LogP contribution < -0.4 is 5.32 Å². The zero-order valence-corrected chi connectivity index (χ0v) is 13.8. The van der Waals surface area contributed by atoms with E-state index in [4.69, 9.17) is 13.9 Å². The Balaban J connectivity index is 1.86. The molecule has 0 atom stereocenters. The maximum atomic E-state index is 12.0. The summed E-state index contributed by atoms with van der Waals surface area (Å²) in [5.74, 6) is 0.225. The Kier molecular flexibility index (Phi) is 7.09. The number of furan rings is 1. The third-order valence-corrected chi connectivity index (χ3v) is 3.29. The van der Waals surface area contributed by atoms with Gasteiger partial charge in [-0.1, -0.05) is 13.8 Å². The first kappa shape index (κ1) is 17.5. The zero-order chi connectivity index (χ0) is 16.5. The largest absolute Gasteiger partial charge is 0.465 e. The molecule has 1 aliphatic heterocycles. The van der Waals surface area contributed by atoms with Gasteiger partial charge in [0.2, 0.25) is 0 Å². The molecule has 1 aliphatic rings. The van der Waals surface area contributed by atoms with E-state index in [9.17, 15) is 4.79 Å². The van der Waals surface area contributed by atoms with E-state index in [1.807, 2.05) is 13.8 Å². The van der Waals surface area contributed by atoms with Crippen molar-refractivity contribution in [1.29, 1.82) is 0 Å². The van der Waals surface area contributed by atoms with Crippen molar-refractivity contribution < 1.29 is 18.7 Å². The molecule has 7 heteroatoms. The Hall–Kier alpha value is -1.86. The van der Waals surface area contributed by atoms with Crippen LogP contribution in [0.2, 0.25) is 0 Å². The van der Waals surface area contributed by atoms with Gasteiger partial charge in [-0.05, 0) is 18.1 Å². The molecule has 1 aromatic heterocycles. The fraction of sp³-hybridized carbons (Fsp3) is 0.625. The summed E-state index contributed by atoms with van der Waals surface area (Å²) in [6.45, 7) is 9.30. The number of amidine groups is 1. The molecule has 1 saturated heterocycles. The number of morpholine rings is 1. The van der Waals surface area contributed by atoms with Crippen molar-refractivity contribution in [1.82, 2.24) is 10.2 Å². The van der Waals surface area contributed by atoms with Crippen molar-refractivity contribution in [2.75, 3.05) is 46.0 Å². The normalized spacial score (nSPS) is 16.6. The van der Waals surface area contributed by atoms with Crippen molar-refractivity contribution in [3.63, 3.8) is 0 Å². The third kappa shape index (κ3) is 6.42. The fourth-order valence-corrected chi connectivity index (χ4v) is 2.05. The number of ether oxygens (including phenoxy) is 2. The lowest BCUT2D eigenvalue weighted by Gasteiger charge is -2.25. The number of nitrogens with one attached hydrogen (secondary N) is 1. The second-order valence-electron chi connectivity index (χ2n) is 5.78. The number of hydrogen-bond acceptors (Lipinski definition) is 6. The van der Waals surface area contributed by atoms with Crippen LogP contribution in [0.4, 0.5) is 0 Å². The average Bonchev–Trinajstić information content (AvgIpc) is 3.08. The van der Waals surface area contributed by atoms with E-state index >= 15 is 0 Å². The Morgan fingerprint density at radius 3 is 2.87 bits per heavy atom. The van der Waals surface area contributed by atoms with Crippen LogP contribution in [0.3, 0.4) is 0 Å². The van der Waals surface area contributed by atoms with Crippen molar-refractivity contribution in [3.05, 3.63) is 24.2 Å². The van der Waals surface area contributed by atoms with Crippen LogP contribution in [-0.4, -0.2) is 62.8 Å². The minimum absolute atomic E-state index is 0.235. The van der Waals surface area contributed by atoms with Gasteiger partial charge in [0.05, 0.1) is 32.6 Å². The molecule has 2 heterocycles. The summed E-state index contributed by atoms with van der Waals surface area (Å²) in [7, 11) is 0. The van der Waals surface area contributed by atoms with Gasteiger partial charge in [-0.2, -0.15) is 0 Å². The minimum atomic E-state index is -0.358. The lowest BCUT2D eigenvalue weighted by molar-refractivity contribution is 0.0394. The van der Waals surface area contributed by atoms with Crippen LogP contribution in [-0.2, 0) is 9.47 Å². The van der Waals surface area contributed by atoms with Crippen LogP contribution >= 0.6 is 0 Å². The van der Waals surface area contributed by atoms with Gasteiger partial charge in [-0.3, -0.25) is 15.0 Å². The molecular formula is C16H25N3O4. The van der Waals surface area contributed by atoms with E-state index in [0.29, 0.717) is 19.1 Å². The molecule has 1 aromatic rings. The number of nitrogens with zero attached hydrogens (tertiary/aromatic N) is 2. The highest BCUT2D eigenvalue weighted by Crippen LogP contribution is 2.01. The van der Waals surface area contributed by atoms with E-state index in [-0.39, 0.29) is 17.7 Å². The predicted molar refractivity (Wildman–Crippen MR) is 86.5 cm³/mol. The SMILES string of the molecule is CC(C)COC(=NCCN1CCOCC1)NC(=O)c1ccco1. The second kappa shape index (κ2) is 9.32. The molecule has 0 radical (unpaired) electrons. The fourth-order valence-electron chi connectivity index (χ4n) is 2.05. The molecule has 0 spiro atoms. The third-order valence-electron chi connectivity index (χ3n) is 3.29. The zero-order valence-electron chi connectivity index (χ0n) is 13.8. The van der Waals surface area contributed by atoms with Gasteiger partial charge in [0.1, 0.15) is 0 Å². The van der Waals surface area contributed by atoms with Crippen molar-refractivity contribution in [3.8, 4) is 0 Å². The summed E-state index contributed by atoms with van der Waals surface area (Å²) in [4.78, 5) is 18.7. The van der Waals surface area contributed by atoms with Gasteiger partial charge in [-0.15, -0.1) is 0 Å². The first-order valence-electron chi connectivity index (χ1n) is 7.97. The van der Waals surface area contributed by atoms with E-state index in [1.54, 1.807) is 12.1 Å². The second-order valence-corrected chi connectivity index (χ2v) is 5.78. The number of carbonyl (C=O) groups is 1. The Labute approximate surface area is 136 Å². The number of hydrogen-bond donors (Lipinski definition) is 1. The molecular weight excluding hydrogens is 298 g/mol. The lowest BCUT2D eigenvalue weighted by Crippen LogP contribution is -2.38. The number of aliphatic imine (C=N–C) groups is 1. The summed E-state index contributed by atoms with van der Waals surface area (Å²) < 4.78 is 16.0.